The van der Waals surface area contributed by atoms with Crippen molar-refractivity contribution in [3.63, 3.8) is 0 Å². The molecule has 4 nitrogen and oxygen atoms in total. The Labute approximate surface area is 142 Å². The van der Waals surface area contributed by atoms with Gasteiger partial charge in [-0.1, -0.05) is 37.1 Å². The number of aryl methyl sites for hydroxylation is 1. The second kappa shape index (κ2) is 7.30. The van der Waals surface area contributed by atoms with Crippen molar-refractivity contribution in [3.8, 4) is 0 Å². The zero-order chi connectivity index (χ0) is 16.9. The third kappa shape index (κ3) is 3.82. The summed E-state index contributed by atoms with van der Waals surface area (Å²) in [6.07, 6.45) is 4.08. The van der Waals surface area contributed by atoms with Crippen molar-refractivity contribution < 1.29 is 9.59 Å². The highest BCUT2D eigenvalue weighted by Gasteiger charge is 2.23. The first-order chi connectivity index (χ1) is 11.6. The van der Waals surface area contributed by atoms with Gasteiger partial charge in [0.15, 0.2) is 0 Å². The number of rotatable bonds is 4. The van der Waals surface area contributed by atoms with Crippen molar-refractivity contribution in [1.82, 2.24) is 0 Å². The van der Waals surface area contributed by atoms with Crippen LogP contribution in [0.4, 0.5) is 11.4 Å². The van der Waals surface area contributed by atoms with Gasteiger partial charge < -0.3 is 10.6 Å². The average molecular weight is 322 g/mol. The first kappa shape index (κ1) is 16.2. The van der Waals surface area contributed by atoms with E-state index in [1.54, 1.807) is 18.2 Å². The van der Waals surface area contributed by atoms with Crippen LogP contribution >= 0.6 is 0 Å². The summed E-state index contributed by atoms with van der Waals surface area (Å²) in [5.41, 5.74) is 2.87. The number of para-hydroxylation sites is 1. The summed E-state index contributed by atoms with van der Waals surface area (Å²) in [5.74, 6) is -0.135. The lowest BCUT2D eigenvalue weighted by Crippen LogP contribution is -2.23. The summed E-state index contributed by atoms with van der Waals surface area (Å²) >= 11 is 0. The molecule has 0 heterocycles. The van der Waals surface area contributed by atoms with Crippen LogP contribution in [0.1, 0.15) is 41.6 Å². The zero-order valence-electron chi connectivity index (χ0n) is 13.8. The molecule has 0 aliphatic heterocycles. The van der Waals surface area contributed by atoms with Gasteiger partial charge in [-0.2, -0.15) is 0 Å². The van der Waals surface area contributed by atoms with Crippen LogP contribution in [0.3, 0.4) is 0 Å². The number of carbonyl (C=O) groups is 2. The minimum absolute atomic E-state index is 0.0169. The van der Waals surface area contributed by atoms with E-state index in [1.807, 2.05) is 37.3 Å². The van der Waals surface area contributed by atoms with Gasteiger partial charge in [-0.25, -0.2) is 0 Å². The van der Waals surface area contributed by atoms with Crippen LogP contribution in [-0.4, -0.2) is 11.8 Å². The molecule has 1 fully saturated rings. The molecular weight excluding hydrogens is 300 g/mol. The van der Waals surface area contributed by atoms with E-state index in [2.05, 4.69) is 10.6 Å². The molecule has 0 bridgehead atoms. The maximum Gasteiger partial charge on any atom is 0.257 e. The summed E-state index contributed by atoms with van der Waals surface area (Å²) in [5, 5.41) is 5.82. The minimum Gasteiger partial charge on any atom is -0.325 e. The molecule has 0 spiro atoms. The molecule has 2 aromatic rings. The second-order valence-corrected chi connectivity index (χ2v) is 6.34. The van der Waals surface area contributed by atoms with Gasteiger partial charge in [0.25, 0.3) is 5.91 Å². The topological polar surface area (TPSA) is 58.2 Å². The van der Waals surface area contributed by atoms with E-state index >= 15 is 0 Å². The highest BCUT2D eigenvalue weighted by molar-refractivity contribution is 6.10. The van der Waals surface area contributed by atoms with Gasteiger partial charge in [0.05, 0.1) is 11.3 Å². The summed E-state index contributed by atoms with van der Waals surface area (Å²) in [4.78, 5) is 24.9. The maximum atomic E-state index is 12.6. The first-order valence-corrected chi connectivity index (χ1v) is 8.41. The van der Waals surface area contributed by atoms with Gasteiger partial charge in [0, 0.05) is 11.6 Å². The number of hydrogen-bond acceptors (Lipinski definition) is 2. The monoisotopic (exact) mass is 322 g/mol. The number of nitrogens with one attached hydrogen (secondary N) is 2. The van der Waals surface area contributed by atoms with Crippen molar-refractivity contribution in [2.24, 2.45) is 5.92 Å². The number of anilines is 2. The lowest BCUT2D eigenvalue weighted by Gasteiger charge is -2.14. The Balaban J connectivity index is 1.75. The molecule has 2 amide bonds. The first-order valence-electron chi connectivity index (χ1n) is 8.41. The van der Waals surface area contributed by atoms with Crippen LogP contribution in [0, 0.1) is 12.8 Å². The van der Waals surface area contributed by atoms with Crippen molar-refractivity contribution in [2.45, 2.75) is 32.6 Å². The molecular formula is C20H22N2O2. The van der Waals surface area contributed by atoms with Gasteiger partial charge in [0.2, 0.25) is 5.91 Å². The maximum absolute atomic E-state index is 12.6. The van der Waals surface area contributed by atoms with Crippen molar-refractivity contribution >= 4 is 23.2 Å². The lowest BCUT2D eigenvalue weighted by molar-refractivity contribution is -0.119. The fourth-order valence-corrected chi connectivity index (χ4v) is 3.13. The molecule has 1 aliphatic carbocycles. The van der Waals surface area contributed by atoms with Gasteiger partial charge in [-0.05, 0) is 49.6 Å². The number of benzene rings is 2. The standard InChI is InChI=1S/C20H22N2O2/c1-14-7-6-10-16(13-14)21-20(24)17-11-4-5-12-18(17)22-19(23)15-8-2-3-9-15/h4-7,10-13,15H,2-3,8-9H2,1H3,(H,21,24)(H,22,23). The third-order valence-electron chi connectivity index (χ3n) is 4.43. The van der Waals surface area contributed by atoms with Gasteiger partial charge in [-0.15, -0.1) is 0 Å². The largest absolute Gasteiger partial charge is 0.325 e. The van der Waals surface area contributed by atoms with E-state index in [4.69, 9.17) is 0 Å². The molecule has 2 N–H and O–H groups in total. The molecule has 0 radical (unpaired) electrons. The third-order valence-corrected chi connectivity index (χ3v) is 4.43. The second-order valence-electron chi connectivity index (χ2n) is 6.34. The average Bonchev–Trinajstić information content (AvgIpc) is 3.10. The smallest absolute Gasteiger partial charge is 0.257 e. The summed E-state index contributed by atoms with van der Waals surface area (Å²) in [6.45, 7) is 1.98. The van der Waals surface area contributed by atoms with Crippen molar-refractivity contribution in [1.29, 1.82) is 0 Å². The van der Waals surface area contributed by atoms with Crippen LogP contribution in [0.25, 0.3) is 0 Å². The summed E-state index contributed by atoms with van der Waals surface area (Å²) in [7, 11) is 0. The van der Waals surface area contributed by atoms with Crippen molar-refractivity contribution in [2.75, 3.05) is 10.6 Å². The normalized spacial score (nSPS) is 14.4. The fourth-order valence-electron chi connectivity index (χ4n) is 3.13. The molecule has 4 heteroatoms. The van der Waals surface area contributed by atoms with Crippen LogP contribution in [-0.2, 0) is 4.79 Å². The van der Waals surface area contributed by atoms with Gasteiger partial charge >= 0.3 is 0 Å². The molecule has 124 valence electrons. The van der Waals surface area contributed by atoms with E-state index in [0.717, 1.165) is 36.9 Å². The van der Waals surface area contributed by atoms with Crippen molar-refractivity contribution in [3.05, 3.63) is 59.7 Å². The SMILES string of the molecule is Cc1cccc(NC(=O)c2ccccc2NC(=O)C2CCCC2)c1. The molecule has 3 rings (SSSR count). The Morgan fingerprint density at radius 3 is 2.46 bits per heavy atom. The Morgan fingerprint density at radius 2 is 1.71 bits per heavy atom. The molecule has 1 saturated carbocycles. The van der Waals surface area contributed by atoms with E-state index in [-0.39, 0.29) is 17.7 Å². The molecule has 0 saturated heterocycles. The molecule has 1 aliphatic rings. The van der Waals surface area contributed by atoms with Gasteiger partial charge in [-0.3, -0.25) is 9.59 Å². The molecule has 0 aromatic heterocycles. The number of amides is 2. The molecule has 0 atom stereocenters. The predicted molar refractivity (Wildman–Crippen MR) is 96.2 cm³/mol. The summed E-state index contributed by atoms with van der Waals surface area (Å²) < 4.78 is 0. The molecule has 2 aromatic carbocycles. The fraction of sp³-hybridized carbons (Fsp3) is 0.300. The van der Waals surface area contributed by atoms with E-state index in [9.17, 15) is 9.59 Å². The van der Waals surface area contributed by atoms with E-state index < -0.39 is 0 Å². The lowest BCUT2D eigenvalue weighted by atomic mass is 10.1. The quantitative estimate of drug-likeness (QED) is 0.878. The Hall–Kier alpha value is -2.62. The molecule has 0 unspecified atom stereocenters. The number of carbonyl (C=O) groups excluding carboxylic acids is 2. The minimum atomic E-state index is -0.220. The Kier molecular flexibility index (Phi) is 4.94. The van der Waals surface area contributed by atoms with Crippen LogP contribution in [0.2, 0.25) is 0 Å². The highest BCUT2D eigenvalue weighted by atomic mass is 16.2. The van der Waals surface area contributed by atoms with Crippen LogP contribution in [0.15, 0.2) is 48.5 Å². The summed E-state index contributed by atoms with van der Waals surface area (Å²) in [6, 6.07) is 14.8. The zero-order valence-corrected chi connectivity index (χ0v) is 13.8. The highest BCUT2D eigenvalue weighted by Crippen LogP contribution is 2.27. The Morgan fingerprint density at radius 1 is 0.958 bits per heavy atom. The molecule has 24 heavy (non-hydrogen) atoms. The van der Waals surface area contributed by atoms with Gasteiger partial charge in [0.1, 0.15) is 0 Å². The number of hydrogen-bond donors (Lipinski definition) is 2. The van der Waals surface area contributed by atoms with Crippen LogP contribution in [0.5, 0.6) is 0 Å². The van der Waals surface area contributed by atoms with Crippen LogP contribution < -0.4 is 10.6 Å². The van der Waals surface area contributed by atoms with E-state index in [1.165, 1.54) is 0 Å². The Bertz CT molecular complexity index is 749. The predicted octanol–water partition coefficient (Wildman–Crippen LogP) is 4.38. The van der Waals surface area contributed by atoms with E-state index in [0.29, 0.717) is 11.3 Å².